The Kier molecular flexibility index (Phi) is 7.59. The lowest BCUT2D eigenvalue weighted by Crippen LogP contribution is -2.25. The monoisotopic (exact) mass is 586 g/mol. The average Bonchev–Trinajstić information content (AvgIpc) is 3.52. The number of H-pyrrole nitrogens is 2. The molecule has 2 N–H and O–H groups in total. The van der Waals surface area contributed by atoms with Gasteiger partial charge < -0.3 is 9.47 Å². The van der Waals surface area contributed by atoms with Gasteiger partial charge in [0.05, 0.1) is 35.2 Å². The molecule has 0 aliphatic rings. The molecule has 0 radical (unpaired) electrons. The quantitative estimate of drug-likeness (QED) is 0.176. The first kappa shape index (κ1) is 28.3. The van der Waals surface area contributed by atoms with Gasteiger partial charge in [0.1, 0.15) is 0 Å². The Hall–Kier alpha value is -5.83. The molecule has 0 atom stereocenters. The fourth-order valence-electron chi connectivity index (χ4n) is 5.48. The molecule has 0 saturated heterocycles. The van der Waals surface area contributed by atoms with Gasteiger partial charge in [-0.25, -0.2) is 14.2 Å². The van der Waals surface area contributed by atoms with E-state index in [1.807, 2.05) is 80.6 Å². The number of hydrogen-bond donors (Lipinski definition) is 2. The zero-order valence-electron chi connectivity index (χ0n) is 24.4. The summed E-state index contributed by atoms with van der Waals surface area (Å²) in [4.78, 5) is 41.1. The predicted molar refractivity (Wildman–Crippen MR) is 168 cm³/mol. The Morgan fingerprint density at radius 2 is 1.14 bits per heavy atom. The lowest BCUT2D eigenvalue weighted by molar-refractivity contribution is 0.0729. The summed E-state index contributed by atoms with van der Waals surface area (Å²) in [5.74, 6) is -0.827. The molecule has 9 heteroatoms. The van der Waals surface area contributed by atoms with E-state index in [9.17, 15) is 14.4 Å². The largest absolute Gasteiger partial charge is 0.493 e. The second-order valence-electron chi connectivity index (χ2n) is 10.4. The van der Waals surface area contributed by atoms with Gasteiger partial charge in [0, 0.05) is 17.3 Å². The third-order valence-corrected chi connectivity index (χ3v) is 7.57. The Bertz CT molecular complexity index is 1960. The van der Waals surface area contributed by atoms with Crippen molar-refractivity contribution in [2.75, 3.05) is 7.11 Å². The van der Waals surface area contributed by atoms with Crippen LogP contribution in [0, 0.1) is 13.8 Å². The molecule has 0 saturated carbocycles. The summed E-state index contributed by atoms with van der Waals surface area (Å²) in [6, 6.07) is 32.2. The first-order chi connectivity index (χ1) is 21.4. The number of carbonyl (C=O) groups is 1. The van der Waals surface area contributed by atoms with Crippen molar-refractivity contribution in [3.8, 4) is 22.9 Å². The van der Waals surface area contributed by atoms with Gasteiger partial charge in [0.25, 0.3) is 11.1 Å². The molecule has 0 amide bonds. The maximum absolute atomic E-state index is 14.1. The highest BCUT2D eigenvalue weighted by molar-refractivity contribution is 5.91. The molecule has 2 aromatic heterocycles. The minimum absolute atomic E-state index is 0.212. The number of rotatable bonds is 8. The van der Waals surface area contributed by atoms with Gasteiger partial charge in [-0.1, -0.05) is 60.7 Å². The molecule has 0 bridgehead atoms. The van der Waals surface area contributed by atoms with Gasteiger partial charge in [0.2, 0.25) is 0 Å². The lowest BCUT2D eigenvalue weighted by Gasteiger charge is -2.18. The number of methoxy groups -OCH3 is 1. The number of aryl methyl sites for hydroxylation is 2. The number of ether oxygens (including phenoxy) is 2. The first-order valence-corrected chi connectivity index (χ1v) is 14.1. The van der Waals surface area contributed by atoms with Crippen LogP contribution in [-0.4, -0.2) is 32.6 Å². The summed E-state index contributed by atoms with van der Waals surface area (Å²) in [5.41, 5.74) is 3.78. The van der Waals surface area contributed by atoms with Crippen molar-refractivity contribution >= 4 is 5.97 Å². The zero-order chi connectivity index (χ0) is 30.8. The van der Waals surface area contributed by atoms with Crippen molar-refractivity contribution in [1.82, 2.24) is 19.6 Å². The van der Waals surface area contributed by atoms with Crippen LogP contribution in [-0.2, 0) is 0 Å². The highest BCUT2D eigenvalue weighted by Gasteiger charge is 2.31. The number of carbonyl (C=O) groups excluding carboxylic acids is 1. The van der Waals surface area contributed by atoms with Crippen LogP contribution < -0.4 is 20.6 Å². The van der Waals surface area contributed by atoms with E-state index < -0.39 is 11.9 Å². The van der Waals surface area contributed by atoms with Crippen molar-refractivity contribution in [2.45, 2.75) is 19.8 Å². The number of hydrogen-bond acceptors (Lipinski definition) is 5. The number of para-hydroxylation sites is 2. The molecular weight excluding hydrogens is 556 g/mol. The van der Waals surface area contributed by atoms with Crippen molar-refractivity contribution in [1.29, 1.82) is 0 Å². The zero-order valence-corrected chi connectivity index (χ0v) is 24.4. The first-order valence-electron chi connectivity index (χ1n) is 14.1. The van der Waals surface area contributed by atoms with E-state index in [2.05, 4.69) is 10.2 Å². The van der Waals surface area contributed by atoms with Crippen molar-refractivity contribution in [3.63, 3.8) is 0 Å². The maximum atomic E-state index is 14.1. The third-order valence-electron chi connectivity index (χ3n) is 7.57. The smallest absolute Gasteiger partial charge is 0.343 e. The second-order valence-corrected chi connectivity index (χ2v) is 10.4. The molecule has 220 valence electrons. The van der Waals surface area contributed by atoms with Crippen LogP contribution in [0.1, 0.15) is 44.4 Å². The van der Waals surface area contributed by atoms with Crippen molar-refractivity contribution < 1.29 is 14.3 Å². The summed E-state index contributed by atoms with van der Waals surface area (Å²) < 4.78 is 14.3. The molecule has 0 aliphatic heterocycles. The summed E-state index contributed by atoms with van der Waals surface area (Å²) in [7, 11) is 1.47. The van der Waals surface area contributed by atoms with E-state index in [0.717, 1.165) is 0 Å². The Labute approximate surface area is 252 Å². The molecule has 0 unspecified atom stereocenters. The molecule has 6 rings (SSSR count). The van der Waals surface area contributed by atoms with Gasteiger partial charge in [-0.3, -0.25) is 19.8 Å². The van der Waals surface area contributed by atoms with E-state index in [0.29, 0.717) is 45.0 Å². The Balaban J connectivity index is 1.53. The summed E-state index contributed by atoms with van der Waals surface area (Å²) in [6.45, 7) is 3.63. The second kappa shape index (κ2) is 11.8. The Morgan fingerprint density at radius 1 is 0.659 bits per heavy atom. The van der Waals surface area contributed by atoms with E-state index in [1.165, 1.54) is 16.5 Å². The predicted octanol–water partition coefficient (Wildman–Crippen LogP) is 5.67. The minimum Gasteiger partial charge on any atom is -0.493 e. The molecule has 0 fully saturated rings. The maximum Gasteiger partial charge on any atom is 0.343 e. The number of nitrogens with zero attached hydrogens (tertiary/aromatic N) is 2. The van der Waals surface area contributed by atoms with Gasteiger partial charge in [0.15, 0.2) is 11.5 Å². The SMILES string of the molecule is COc1cc(C(c2c(C)[nH]n(-c3ccccc3)c2=O)c2c(C)[nH]n(-c3ccccc3)c2=O)ccc1OC(=O)c1ccccc1. The van der Waals surface area contributed by atoms with Gasteiger partial charge in [-0.2, -0.15) is 0 Å². The summed E-state index contributed by atoms with van der Waals surface area (Å²) in [5, 5.41) is 6.39. The number of benzene rings is 4. The van der Waals surface area contributed by atoms with Gasteiger partial charge >= 0.3 is 5.97 Å². The van der Waals surface area contributed by atoms with Crippen LogP contribution in [0.3, 0.4) is 0 Å². The van der Waals surface area contributed by atoms with Crippen LogP contribution >= 0.6 is 0 Å². The number of aromatic amines is 2. The fourth-order valence-corrected chi connectivity index (χ4v) is 5.48. The molecule has 4 aromatic carbocycles. The molecule has 9 nitrogen and oxygen atoms in total. The van der Waals surface area contributed by atoms with Crippen LogP contribution in [0.25, 0.3) is 11.4 Å². The van der Waals surface area contributed by atoms with Crippen LogP contribution in [0.4, 0.5) is 0 Å². The average molecular weight is 587 g/mol. The van der Waals surface area contributed by atoms with Crippen LogP contribution in [0.15, 0.2) is 119 Å². The Morgan fingerprint density at radius 3 is 1.61 bits per heavy atom. The van der Waals surface area contributed by atoms with E-state index >= 15 is 0 Å². The highest BCUT2D eigenvalue weighted by atomic mass is 16.6. The van der Waals surface area contributed by atoms with Gasteiger partial charge in [-0.15, -0.1) is 0 Å². The molecule has 6 aromatic rings. The van der Waals surface area contributed by atoms with E-state index in [4.69, 9.17) is 9.47 Å². The number of aromatic nitrogens is 4. The standard InChI is InChI=1S/C35H30N4O5/c1-22-30(33(40)38(36-22)26-15-9-5-10-16-26)32(31-23(2)37-39(34(31)41)27-17-11-6-12-18-27)25-19-20-28(29(21-25)43-3)44-35(42)24-13-7-4-8-14-24/h4-21,32,36-37H,1-3H3. The number of esters is 1. The van der Waals surface area contributed by atoms with E-state index in [-0.39, 0.29) is 22.6 Å². The highest BCUT2D eigenvalue weighted by Crippen LogP contribution is 2.37. The lowest BCUT2D eigenvalue weighted by atomic mass is 9.85. The molecular formula is C35H30N4O5. The summed E-state index contributed by atoms with van der Waals surface area (Å²) >= 11 is 0. The van der Waals surface area contributed by atoms with E-state index in [1.54, 1.807) is 42.5 Å². The topological polar surface area (TPSA) is 111 Å². The fraction of sp³-hybridized carbons (Fsp3) is 0.114. The number of nitrogens with one attached hydrogen (secondary N) is 2. The molecule has 2 heterocycles. The van der Waals surface area contributed by atoms with Gasteiger partial charge in [-0.05, 0) is 67.9 Å². The third kappa shape index (κ3) is 5.15. The minimum atomic E-state index is -0.787. The van der Waals surface area contributed by atoms with Crippen LogP contribution in [0.2, 0.25) is 0 Å². The normalized spacial score (nSPS) is 11.1. The summed E-state index contributed by atoms with van der Waals surface area (Å²) in [6.07, 6.45) is 0. The molecule has 44 heavy (non-hydrogen) atoms. The van der Waals surface area contributed by atoms with Crippen molar-refractivity contribution in [2.24, 2.45) is 0 Å². The molecule has 0 spiro atoms. The van der Waals surface area contributed by atoms with Crippen molar-refractivity contribution in [3.05, 3.63) is 164 Å². The molecule has 0 aliphatic carbocycles. The van der Waals surface area contributed by atoms with Crippen LogP contribution in [0.5, 0.6) is 11.5 Å².